The van der Waals surface area contributed by atoms with E-state index in [9.17, 15) is 31.1 Å². The maximum Gasteiger partial charge on any atom is 0.416 e. The van der Waals surface area contributed by atoms with Crippen LogP contribution >= 0.6 is 0 Å². The minimum absolute atomic E-state index is 0.0632. The van der Waals surface area contributed by atoms with Crippen molar-refractivity contribution in [2.75, 3.05) is 32.8 Å². The van der Waals surface area contributed by atoms with Gasteiger partial charge in [-0.3, -0.25) is 4.90 Å². The molecule has 2 aromatic rings. The van der Waals surface area contributed by atoms with E-state index in [1.54, 1.807) is 12.1 Å². The molecule has 0 radical (unpaired) electrons. The smallest absolute Gasteiger partial charge is 0.416 e. The van der Waals surface area contributed by atoms with Crippen molar-refractivity contribution in [2.24, 2.45) is 5.92 Å². The summed E-state index contributed by atoms with van der Waals surface area (Å²) in [5.41, 5.74) is -1.88. The van der Waals surface area contributed by atoms with Crippen molar-refractivity contribution in [3.8, 4) is 11.5 Å². The van der Waals surface area contributed by atoms with Gasteiger partial charge in [-0.15, -0.1) is 0 Å². The molecule has 40 heavy (non-hydrogen) atoms. The summed E-state index contributed by atoms with van der Waals surface area (Å²) < 4.78 is 97.1. The van der Waals surface area contributed by atoms with Gasteiger partial charge in [-0.2, -0.15) is 26.3 Å². The fourth-order valence-electron chi connectivity index (χ4n) is 4.97. The average Bonchev–Trinajstić information content (AvgIpc) is 2.88. The summed E-state index contributed by atoms with van der Waals surface area (Å²) in [6.45, 7) is 6.28. The molecular formula is C28H34F6N2O4. The van der Waals surface area contributed by atoms with Crippen molar-refractivity contribution in [1.29, 1.82) is 0 Å². The van der Waals surface area contributed by atoms with Gasteiger partial charge in [0.1, 0.15) is 0 Å². The molecule has 1 aliphatic heterocycles. The van der Waals surface area contributed by atoms with Gasteiger partial charge in [0.2, 0.25) is 0 Å². The lowest BCUT2D eigenvalue weighted by molar-refractivity contribution is -0.143. The molecule has 0 saturated carbocycles. The number of nitrogens with zero attached hydrogens (tertiary/aromatic N) is 2. The zero-order valence-electron chi connectivity index (χ0n) is 23.2. The van der Waals surface area contributed by atoms with Crippen LogP contribution in [-0.2, 0) is 23.6 Å². The Balaban J connectivity index is 2.17. The summed E-state index contributed by atoms with van der Waals surface area (Å²) in [5, 5.41) is 0. The molecule has 0 fully saturated rings. The highest BCUT2D eigenvalue weighted by molar-refractivity contribution is 5.71. The first-order chi connectivity index (χ1) is 18.6. The fourth-order valence-corrected chi connectivity index (χ4v) is 4.97. The van der Waals surface area contributed by atoms with Crippen LogP contribution < -0.4 is 14.4 Å². The van der Waals surface area contributed by atoms with E-state index in [1.165, 1.54) is 14.2 Å². The number of hydrogen-bond donors (Lipinski definition) is 0. The zero-order valence-corrected chi connectivity index (χ0v) is 23.2. The molecule has 0 saturated heterocycles. The summed E-state index contributed by atoms with van der Waals surface area (Å²) in [5.74, 6) is 1.22. The van der Waals surface area contributed by atoms with Crippen molar-refractivity contribution < 1.29 is 45.3 Å². The van der Waals surface area contributed by atoms with E-state index in [0.717, 1.165) is 24.1 Å². The number of benzene rings is 2. The van der Waals surface area contributed by atoms with E-state index in [4.69, 9.17) is 14.2 Å². The minimum atomic E-state index is -5.01. The number of alkyl halides is 6. The molecular weight excluding hydrogens is 542 g/mol. The fraction of sp³-hybridized carbons (Fsp3) is 0.536. The zero-order chi connectivity index (χ0) is 30.0. The van der Waals surface area contributed by atoms with Gasteiger partial charge in [0.15, 0.2) is 11.5 Å². The van der Waals surface area contributed by atoms with Crippen LogP contribution in [0.2, 0.25) is 0 Å². The minimum Gasteiger partial charge on any atom is -0.493 e. The van der Waals surface area contributed by atoms with Crippen LogP contribution in [0, 0.1) is 5.92 Å². The third kappa shape index (κ3) is 6.87. The monoisotopic (exact) mass is 576 g/mol. The number of carbonyl (C=O) groups excluding carboxylic acids is 1. The number of methoxy groups -OCH3 is 3. The molecule has 0 N–H and O–H groups in total. The highest BCUT2D eigenvalue weighted by atomic mass is 19.4. The van der Waals surface area contributed by atoms with Crippen LogP contribution in [0.1, 0.15) is 61.9 Å². The third-order valence-corrected chi connectivity index (χ3v) is 7.03. The quantitative estimate of drug-likeness (QED) is 0.302. The molecule has 0 unspecified atom stereocenters. The Hall–Kier alpha value is -3.31. The maximum atomic E-state index is 13.5. The van der Waals surface area contributed by atoms with Crippen molar-refractivity contribution in [3.63, 3.8) is 0 Å². The lowest BCUT2D eigenvalue weighted by atomic mass is 9.89. The number of rotatable bonds is 8. The van der Waals surface area contributed by atoms with Crippen LogP contribution in [0.25, 0.3) is 0 Å². The second-order valence-corrected chi connectivity index (χ2v) is 10.3. The van der Waals surface area contributed by atoms with E-state index < -0.39 is 42.2 Å². The van der Waals surface area contributed by atoms with Gasteiger partial charge in [0.05, 0.1) is 38.5 Å². The number of amides is 1. The largest absolute Gasteiger partial charge is 0.493 e. The molecule has 222 valence electrons. The molecule has 12 heteroatoms. The van der Waals surface area contributed by atoms with E-state index in [2.05, 4.69) is 18.7 Å². The number of anilines is 1. The summed E-state index contributed by atoms with van der Waals surface area (Å²) in [6.07, 6.45) is -9.70. The van der Waals surface area contributed by atoms with E-state index in [1.807, 2.05) is 6.92 Å². The van der Waals surface area contributed by atoms with E-state index >= 15 is 0 Å². The van der Waals surface area contributed by atoms with Crippen LogP contribution in [0.5, 0.6) is 11.5 Å². The molecule has 0 aliphatic carbocycles. The first-order valence-corrected chi connectivity index (χ1v) is 12.8. The lowest BCUT2D eigenvalue weighted by Crippen LogP contribution is -2.45. The van der Waals surface area contributed by atoms with E-state index in [0.29, 0.717) is 48.1 Å². The Morgan fingerprint density at radius 2 is 1.50 bits per heavy atom. The van der Waals surface area contributed by atoms with Crippen LogP contribution in [0.4, 0.5) is 36.8 Å². The molecule has 0 spiro atoms. The first kappa shape index (κ1) is 31.2. The average molecular weight is 577 g/mol. The van der Waals surface area contributed by atoms with Crippen LogP contribution in [-0.4, -0.2) is 44.9 Å². The van der Waals surface area contributed by atoms with Crippen LogP contribution in [0.15, 0.2) is 30.3 Å². The SMILES string of the molecule is COC(=O)N(Cc1cc(C(F)(F)F)cc(C(F)(F)F)c1)[C@H]1C[C@@H](C)N(CCC(C)C)c2cc(OC)c(OC)cc21. The highest BCUT2D eigenvalue weighted by Gasteiger charge is 2.40. The second-order valence-electron chi connectivity index (χ2n) is 10.3. The second kappa shape index (κ2) is 12.1. The predicted octanol–water partition coefficient (Wildman–Crippen LogP) is 7.70. The van der Waals surface area contributed by atoms with Gasteiger partial charge in [-0.05, 0) is 55.5 Å². The van der Waals surface area contributed by atoms with Gasteiger partial charge < -0.3 is 19.1 Å². The van der Waals surface area contributed by atoms with Gasteiger partial charge >= 0.3 is 18.4 Å². The Kier molecular flexibility index (Phi) is 9.41. The Labute approximate surface area is 229 Å². The first-order valence-electron chi connectivity index (χ1n) is 12.8. The molecule has 2 aromatic carbocycles. The number of carbonyl (C=O) groups is 1. The van der Waals surface area contributed by atoms with E-state index in [-0.39, 0.29) is 17.7 Å². The van der Waals surface area contributed by atoms with Crippen LogP contribution in [0.3, 0.4) is 0 Å². The maximum absolute atomic E-state index is 13.5. The van der Waals surface area contributed by atoms with Gasteiger partial charge in [-0.25, -0.2) is 4.79 Å². The molecule has 1 aliphatic rings. The summed E-state index contributed by atoms with van der Waals surface area (Å²) >= 11 is 0. The van der Waals surface area contributed by atoms with Crippen molar-refractivity contribution in [3.05, 3.63) is 52.6 Å². The summed E-state index contributed by atoms with van der Waals surface area (Å²) in [4.78, 5) is 16.4. The summed E-state index contributed by atoms with van der Waals surface area (Å²) in [7, 11) is 4.04. The number of halogens is 6. The molecule has 0 bridgehead atoms. The van der Waals surface area contributed by atoms with Gasteiger partial charge in [0.25, 0.3) is 0 Å². The summed E-state index contributed by atoms with van der Waals surface area (Å²) in [6, 6.07) is 3.91. The predicted molar refractivity (Wildman–Crippen MR) is 138 cm³/mol. The standard InChI is InChI=1S/C28H34F6N2O4/c1-16(2)7-8-35-17(3)9-22(21-13-24(38-4)25(39-5)14-23(21)35)36(26(37)40-6)15-18-10-19(27(29,30)31)12-20(11-18)28(32,33)34/h10-14,16-17,22H,7-9,15H2,1-6H3/t17-,22+/m1/s1. The van der Waals surface area contributed by atoms with Crippen molar-refractivity contribution in [1.82, 2.24) is 4.90 Å². The molecule has 3 rings (SSSR count). The Bertz CT molecular complexity index is 1170. The van der Waals surface area contributed by atoms with Gasteiger partial charge in [0, 0.05) is 36.4 Å². The van der Waals surface area contributed by atoms with Crippen molar-refractivity contribution in [2.45, 2.75) is 64.6 Å². The normalized spacial score (nSPS) is 17.5. The molecule has 1 amide bonds. The van der Waals surface area contributed by atoms with Gasteiger partial charge in [-0.1, -0.05) is 13.8 Å². The lowest BCUT2D eigenvalue weighted by Gasteiger charge is -2.44. The highest BCUT2D eigenvalue weighted by Crippen LogP contribution is 2.47. The molecule has 0 aromatic heterocycles. The van der Waals surface area contributed by atoms with Crippen molar-refractivity contribution >= 4 is 11.8 Å². The Morgan fingerprint density at radius 1 is 0.950 bits per heavy atom. The topological polar surface area (TPSA) is 51.2 Å². The third-order valence-electron chi connectivity index (χ3n) is 7.03. The number of fused-ring (bicyclic) bond motifs is 1. The molecule has 2 atom stereocenters. The molecule has 6 nitrogen and oxygen atoms in total. The number of hydrogen-bond acceptors (Lipinski definition) is 5. The Morgan fingerprint density at radius 3 is 1.98 bits per heavy atom. The molecule has 1 heterocycles. The number of ether oxygens (including phenoxy) is 3.